The third-order valence-electron chi connectivity index (χ3n) is 3.42. The molecule has 19 heavy (non-hydrogen) atoms. The second kappa shape index (κ2) is 4.84. The third-order valence-corrected chi connectivity index (χ3v) is 3.42. The normalized spacial score (nSPS) is 19.9. The molecule has 1 aromatic carbocycles. The number of hydrogen-bond donors (Lipinski definition) is 0. The minimum atomic E-state index is 0.139. The Labute approximate surface area is 111 Å². The van der Waals surface area contributed by atoms with E-state index in [1.54, 1.807) is 13.3 Å². The fourth-order valence-electron chi connectivity index (χ4n) is 2.46. The number of aliphatic imine (C=N–C) groups is 1. The number of rotatable bonds is 2. The fourth-order valence-corrected chi connectivity index (χ4v) is 2.46. The first-order valence-electron chi connectivity index (χ1n) is 6.31. The van der Waals surface area contributed by atoms with Gasteiger partial charge in [-0.3, -0.25) is 9.79 Å². The van der Waals surface area contributed by atoms with Crippen LogP contribution in [0.5, 0.6) is 0 Å². The topological polar surface area (TPSA) is 54.3 Å². The minimum Gasteiger partial charge on any atom is -0.399 e. The van der Waals surface area contributed by atoms with E-state index >= 15 is 0 Å². The van der Waals surface area contributed by atoms with Crippen LogP contribution in [0.15, 0.2) is 28.3 Å². The van der Waals surface area contributed by atoms with E-state index in [-0.39, 0.29) is 5.78 Å². The van der Waals surface area contributed by atoms with Gasteiger partial charge in [-0.15, -0.1) is 0 Å². The second-order valence-corrected chi connectivity index (χ2v) is 4.65. The average molecular weight is 257 g/mol. The Kier molecular flexibility index (Phi) is 3.03. The quantitative estimate of drug-likeness (QED) is 0.763. The Morgan fingerprint density at radius 2 is 2.32 bits per heavy atom. The summed E-state index contributed by atoms with van der Waals surface area (Å²) < 4.78 is 0. The number of benzene rings is 1. The molecule has 5 nitrogen and oxygen atoms in total. The number of anilines is 1. The number of Topliss-reactive ketones (excluding diaryl/α,β-unsaturated/α-hetero) is 1. The van der Waals surface area contributed by atoms with Gasteiger partial charge in [0.1, 0.15) is 7.11 Å². The monoisotopic (exact) mass is 257 g/mol. The highest BCUT2D eigenvalue weighted by Gasteiger charge is 2.21. The van der Waals surface area contributed by atoms with Crippen molar-refractivity contribution in [1.29, 1.82) is 0 Å². The van der Waals surface area contributed by atoms with Crippen molar-refractivity contribution in [3.05, 3.63) is 23.8 Å². The van der Waals surface area contributed by atoms with Crippen molar-refractivity contribution in [3.63, 3.8) is 0 Å². The van der Waals surface area contributed by atoms with Crippen LogP contribution in [0.3, 0.4) is 0 Å². The van der Waals surface area contributed by atoms with E-state index in [2.05, 4.69) is 15.0 Å². The molecule has 1 aromatic rings. The summed E-state index contributed by atoms with van der Waals surface area (Å²) in [6.45, 7) is 1.68. The van der Waals surface area contributed by atoms with Crippen LogP contribution in [-0.4, -0.2) is 37.9 Å². The van der Waals surface area contributed by atoms with Crippen LogP contribution in [0.4, 0.5) is 11.4 Å². The lowest BCUT2D eigenvalue weighted by Gasteiger charge is -2.19. The molecule has 0 amide bonds. The summed E-state index contributed by atoms with van der Waals surface area (Å²) in [6.07, 6.45) is 2.99. The van der Waals surface area contributed by atoms with Crippen molar-refractivity contribution in [2.24, 2.45) is 10.1 Å². The molecule has 2 aliphatic rings. The number of ketones is 1. The van der Waals surface area contributed by atoms with Gasteiger partial charge in [-0.2, -0.15) is 0 Å². The van der Waals surface area contributed by atoms with Crippen molar-refractivity contribution in [1.82, 2.24) is 0 Å². The van der Waals surface area contributed by atoms with Crippen LogP contribution in [0.25, 0.3) is 0 Å². The van der Waals surface area contributed by atoms with Gasteiger partial charge in [-0.1, -0.05) is 5.16 Å². The Hall–Kier alpha value is -2.17. The number of nitrogens with zero attached hydrogens (tertiary/aromatic N) is 3. The number of oxime groups is 1. The van der Waals surface area contributed by atoms with Gasteiger partial charge in [0, 0.05) is 36.9 Å². The standard InChI is InChI=1S/C14H15N3O2/c1-19-16-10-5-7-17(9-10)11-2-3-12-13(8-11)15-6-4-14(12)18/h2-3,6,8H,4-5,7,9H2,1H3. The molecule has 98 valence electrons. The van der Waals surface area contributed by atoms with Gasteiger partial charge in [0.2, 0.25) is 0 Å². The molecule has 0 aromatic heterocycles. The molecule has 0 atom stereocenters. The highest BCUT2D eigenvalue weighted by Crippen LogP contribution is 2.30. The molecule has 0 spiro atoms. The summed E-state index contributed by atoms with van der Waals surface area (Å²) in [6, 6.07) is 5.82. The van der Waals surface area contributed by atoms with Crippen molar-refractivity contribution < 1.29 is 9.63 Å². The first-order chi connectivity index (χ1) is 9.28. The van der Waals surface area contributed by atoms with E-state index in [9.17, 15) is 4.79 Å². The van der Waals surface area contributed by atoms with E-state index in [1.807, 2.05) is 18.2 Å². The number of fused-ring (bicyclic) bond motifs is 1. The van der Waals surface area contributed by atoms with Gasteiger partial charge in [0.15, 0.2) is 5.78 Å². The van der Waals surface area contributed by atoms with Crippen LogP contribution in [-0.2, 0) is 4.84 Å². The van der Waals surface area contributed by atoms with E-state index in [0.29, 0.717) is 6.42 Å². The molecule has 2 heterocycles. The average Bonchev–Trinajstić information content (AvgIpc) is 2.88. The lowest BCUT2D eigenvalue weighted by molar-refractivity contribution is 0.100. The Balaban J connectivity index is 1.86. The van der Waals surface area contributed by atoms with E-state index in [0.717, 1.165) is 42.2 Å². The number of carbonyl (C=O) groups excluding carboxylic acids is 1. The summed E-state index contributed by atoms with van der Waals surface area (Å²) in [5.41, 5.74) is 3.61. The summed E-state index contributed by atoms with van der Waals surface area (Å²) in [5.74, 6) is 0.139. The van der Waals surface area contributed by atoms with Gasteiger partial charge in [0.25, 0.3) is 0 Å². The second-order valence-electron chi connectivity index (χ2n) is 4.65. The summed E-state index contributed by atoms with van der Waals surface area (Å²) in [5, 5.41) is 3.99. The first-order valence-corrected chi connectivity index (χ1v) is 6.31. The highest BCUT2D eigenvalue weighted by atomic mass is 16.6. The Bertz CT molecular complexity index is 578. The zero-order valence-electron chi connectivity index (χ0n) is 10.8. The van der Waals surface area contributed by atoms with Gasteiger partial charge >= 0.3 is 0 Å². The predicted octanol–water partition coefficient (Wildman–Crippen LogP) is 2.19. The zero-order chi connectivity index (χ0) is 13.2. The third kappa shape index (κ3) is 2.23. The predicted molar refractivity (Wildman–Crippen MR) is 74.8 cm³/mol. The molecule has 0 radical (unpaired) electrons. The highest BCUT2D eigenvalue weighted by molar-refractivity contribution is 6.10. The molecule has 3 rings (SSSR count). The van der Waals surface area contributed by atoms with Crippen LogP contribution < -0.4 is 4.90 Å². The molecule has 1 saturated heterocycles. The molecule has 0 bridgehead atoms. The maximum absolute atomic E-state index is 11.7. The van der Waals surface area contributed by atoms with Gasteiger partial charge in [0.05, 0.1) is 17.9 Å². The van der Waals surface area contributed by atoms with E-state index < -0.39 is 0 Å². The Morgan fingerprint density at radius 1 is 1.42 bits per heavy atom. The van der Waals surface area contributed by atoms with Crippen molar-refractivity contribution in [3.8, 4) is 0 Å². The molecule has 0 saturated carbocycles. The summed E-state index contributed by atoms with van der Waals surface area (Å²) >= 11 is 0. The van der Waals surface area contributed by atoms with Crippen molar-refractivity contribution >= 4 is 29.1 Å². The zero-order valence-corrected chi connectivity index (χ0v) is 10.8. The number of hydrogen-bond acceptors (Lipinski definition) is 5. The largest absolute Gasteiger partial charge is 0.399 e. The van der Waals surface area contributed by atoms with Crippen LogP contribution in [0.1, 0.15) is 23.2 Å². The minimum absolute atomic E-state index is 0.139. The van der Waals surface area contributed by atoms with Gasteiger partial charge in [-0.25, -0.2) is 0 Å². The molecule has 0 aliphatic carbocycles. The van der Waals surface area contributed by atoms with E-state index in [1.165, 1.54) is 0 Å². The van der Waals surface area contributed by atoms with Crippen molar-refractivity contribution in [2.45, 2.75) is 12.8 Å². The van der Waals surface area contributed by atoms with Crippen LogP contribution >= 0.6 is 0 Å². The molecule has 0 N–H and O–H groups in total. The maximum Gasteiger partial charge on any atom is 0.170 e. The lowest BCUT2D eigenvalue weighted by Crippen LogP contribution is -2.19. The maximum atomic E-state index is 11.7. The first kappa shape index (κ1) is 11.9. The smallest absolute Gasteiger partial charge is 0.170 e. The Morgan fingerprint density at radius 3 is 3.16 bits per heavy atom. The number of carbonyl (C=O) groups is 1. The summed E-state index contributed by atoms with van der Waals surface area (Å²) in [7, 11) is 1.56. The fraction of sp³-hybridized carbons (Fsp3) is 0.357. The molecular weight excluding hydrogens is 242 g/mol. The molecule has 2 aliphatic heterocycles. The van der Waals surface area contributed by atoms with Crippen LogP contribution in [0.2, 0.25) is 0 Å². The molecule has 5 heteroatoms. The molecular formula is C14H15N3O2. The van der Waals surface area contributed by atoms with Gasteiger partial charge in [-0.05, 0) is 18.2 Å². The van der Waals surface area contributed by atoms with Gasteiger partial charge < -0.3 is 9.74 Å². The molecule has 1 fully saturated rings. The van der Waals surface area contributed by atoms with Crippen LogP contribution in [0, 0.1) is 0 Å². The summed E-state index contributed by atoms with van der Waals surface area (Å²) in [4.78, 5) is 23.0. The SMILES string of the molecule is CON=C1CCN(c2ccc3c(c2)N=CCC3=O)C1. The molecule has 0 unspecified atom stereocenters. The van der Waals surface area contributed by atoms with Crippen molar-refractivity contribution in [2.75, 3.05) is 25.1 Å². The van der Waals surface area contributed by atoms with E-state index in [4.69, 9.17) is 4.84 Å². The lowest BCUT2D eigenvalue weighted by atomic mass is 10.0.